The third-order valence-corrected chi connectivity index (χ3v) is 6.14. The van der Waals surface area contributed by atoms with Gasteiger partial charge in [-0.1, -0.05) is 379 Å². The third-order valence-electron chi connectivity index (χ3n) is 4.71. The van der Waals surface area contributed by atoms with E-state index in [1.807, 2.05) is 404 Å². The van der Waals surface area contributed by atoms with E-state index < -0.39 is 0 Å². The lowest BCUT2D eigenvalue weighted by Gasteiger charge is -1.76. The molecule has 0 fully saturated rings. The van der Waals surface area contributed by atoms with Crippen LogP contribution in [0.4, 0.5) is 0 Å². The smallest absolute Gasteiger partial charge is 0.169 e. The van der Waals surface area contributed by atoms with Crippen LogP contribution in [0, 0.1) is 0 Å². The van der Waals surface area contributed by atoms with Gasteiger partial charge in [-0.15, -0.1) is 11.8 Å². The molecule has 17 heteroatoms. The number of nitrogens with one attached hydrogen (secondary N) is 1. The van der Waals surface area contributed by atoms with E-state index in [9.17, 15) is 0 Å². The molecule has 0 bridgehead atoms. The van der Waals surface area contributed by atoms with Crippen LogP contribution < -0.4 is 5.32 Å². The van der Waals surface area contributed by atoms with Crippen molar-refractivity contribution < 1.29 is 9.57 Å². The van der Waals surface area contributed by atoms with Crippen molar-refractivity contribution >= 4 is 60.6 Å². The van der Waals surface area contributed by atoms with Crippen molar-refractivity contribution in [3.8, 4) is 0 Å². The number of hydrogen-bond acceptors (Lipinski definition) is 17. The fourth-order valence-electron chi connectivity index (χ4n) is 2.59. The Morgan fingerprint density at radius 3 is 0.775 bits per heavy atom. The molecule has 0 saturated carbocycles. The minimum absolute atomic E-state index is 0.778. The van der Waals surface area contributed by atoms with Gasteiger partial charge in [0.25, 0.3) is 0 Å². The Balaban J connectivity index is -0.0000000230. The van der Waals surface area contributed by atoms with Crippen LogP contribution in [-0.4, -0.2) is 125 Å². The minimum Gasteiger partial charge on any atom is -0.482 e. The van der Waals surface area contributed by atoms with Gasteiger partial charge in [-0.05, 0) is 55.6 Å². The molecule has 636 valence electrons. The number of aliphatic imine (C=N–C) groups is 4. The highest BCUT2D eigenvalue weighted by Crippen LogP contribution is 2.07. The van der Waals surface area contributed by atoms with E-state index in [-0.39, 0.29) is 0 Å². The molecule has 9 heterocycles. The highest BCUT2D eigenvalue weighted by molar-refractivity contribution is 8.12. The molecule has 0 aliphatic carbocycles. The fraction of sp³-hybridized carbons (Fsp3) is 0.788. The van der Waals surface area contributed by atoms with Crippen molar-refractivity contribution in [3.63, 3.8) is 0 Å². The van der Waals surface area contributed by atoms with Gasteiger partial charge < -0.3 is 14.9 Å². The first-order valence-corrected chi connectivity index (χ1v) is 44.3. The molecule has 102 heavy (non-hydrogen) atoms. The molecular formula is C85H207N13O2S2. The number of ether oxygens (including phenoxy) is 1. The molecule has 15 nitrogen and oxygen atoms in total. The number of nitrogens with zero attached hydrogens (tertiary/aromatic N) is 12. The topological polar surface area (TPSA) is 182 Å². The summed E-state index contributed by atoms with van der Waals surface area (Å²) in [4.78, 5) is 34.8. The molecule has 6 aliphatic heterocycles. The van der Waals surface area contributed by atoms with E-state index in [0.717, 1.165) is 52.4 Å². The van der Waals surface area contributed by atoms with Gasteiger partial charge in [-0.25, -0.2) is 14.4 Å². The summed E-state index contributed by atoms with van der Waals surface area (Å²) in [7, 11) is 0. The summed E-state index contributed by atoms with van der Waals surface area (Å²) in [6, 6.07) is 5.43. The van der Waals surface area contributed by atoms with Crippen molar-refractivity contribution in [1.29, 1.82) is 0 Å². The molecule has 0 amide bonds. The molecule has 0 unspecified atom stereocenters. The van der Waals surface area contributed by atoms with Gasteiger partial charge in [-0.2, -0.15) is 10.2 Å². The maximum atomic E-state index is 4.65. The summed E-state index contributed by atoms with van der Waals surface area (Å²) in [5, 5.41) is 13.5. The lowest BCUT2D eigenvalue weighted by Crippen LogP contribution is -2.04. The molecule has 3 aromatic heterocycles. The first-order valence-electron chi connectivity index (χ1n) is 42.3. The average molecular weight is 1510 g/mol. The third kappa shape index (κ3) is 452. The maximum absolute atomic E-state index is 4.65. The Morgan fingerprint density at radius 2 is 0.686 bits per heavy atom. The van der Waals surface area contributed by atoms with Gasteiger partial charge in [0.2, 0.25) is 0 Å². The largest absolute Gasteiger partial charge is 0.482 e. The quantitative estimate of drug-likeness (QED) is 0.211. The van der Waals surface area contributed by atoms with E-state index in [4.69, 9.17) is 0 Å². The second-order valence-corrected chi connectivity index (χ2v) is 10.3. The number of thioether (sulfide) groups is 1. The molecular weight excluding hydrogens is 1300 g/mol. The van der Waals surface area contributed by atoms with Crippen LogP contribution in [0.3, 0.4) is 0 Å². The van der Waals surface area contributed by atoms with Crippen LogP contribution in [0.5, 0.6) is 0 Å². The van der Waals surface area contributed by atoms with Gasteiger partial charge in [0.1, 0.15) is 19.5 Å². The van der Waals surface area contributed by atoms with Gasteiger partial charge >= 0.3 is 0 Å². The van der Waals surface area contributed by atoms with Crippen molar-refractivity contribution in [3.05, 3.63) is 74.1 Å². The second kappa shape index (κ2) is 466. The standard InChI is InChI=1S/3C4H4N2.C4H7N.C3H6N2.2C3H5NO.2C3H5NS.27C2H6/c1-2-6-4-3-5-1;1-2-5-4-6-3-1;1-2-4-6-5-3-1;1-2-4-5-3-1;2*1-2-5-3-4-1;1-2-4-5-3-1;1-2-5-3-4-1;1-2-4-5-3-1;27*1-2/h3*1-4H;3H,1-2,4H2;3H,1-2H2,(H,4,5);3H,1-2H2;2H,1,3H2;3H,1-2H2;2H,1,3H2;27*1-2H3. The van der Waals surface area contributed by atoms with Crippen molar-refractivity contribution in [2.45, 2.75) is 400 Å². The van der Waals surface area contributed by atoms with Crippen molar-refractivity contribution in [1.82, 2.24) is 35.5 Å². The summed E-state index contributed by atoms with van der Waals surface area (Å²) < 4.78 is 8.53. The van der Waals surface area contributed by atoms with Gasteiger partial charge in [0, 0.05) is 99.6 Å². The molecule has 0 atom stereocenters. The molecule has 6 aliphatic rings. The normalized spacial score (nSPS) is 8.88. The molecule has 0 radical (unpaired) electrons. The predicted octanol–water partition coefficient (Wildman–Crippen LogP) is 31.9. The van der Waals surface area contributed by atoms with E-state index in [0.29, 0.717) is 0 Å². The highest BCUT2D eigenvalue weighted by Gasteiger charge is 1.88. The van der Waals surface area contributed by atoms with Crippen LogP contribution in [0.2, 0.25) is 0 Å². The zero-order valence-electron chi connectivity index (χ0n) is 81.1. The predicted molar refractivity (Wildman–Crippen MR) is 506 cm³/mol. The molecule has 1 N–H and O–H groups in total. The average Bonchev–Trinajstić information content (AvgIpc) is 4.80. The van der Waals surface area contributed by atoms with Gasteiger partial charge in [0.15, 0.2) is 6.40 Å². The first-order chi connectivity index (χ1) is 51.0. The fourth-order valence-corrected chi connectivity index (χ4v) is 3.65. The SMILES string of the molecule is C1=NCCC1.C1=NCCN1.C1=NCCO1.C1=NCCS1.C1=NOCC1.C1=NSCC1.CC.CC.CC.CC.CC.CC.CC.CC.CC.CC.CC.CC.CC.CC.CC.CC.CC.CC.CC.CC.CC.CC.CC.CC.CC.CC.CC.c1ccnnc1.c1cnccn1.c1cncnc1. The molecule has 3 aromatic rings. The highest BCUT2D eigenvalue weighted by atomic mass is 32.2. The number of hydrogen-bond donors (Lipinski definition) is 1. The van der Waals surface area contributed by atoms with Crippen LogP contribution in [0.1, 0.15) is 400 Å². The van der Waals surface area contributed by atoms with Crippen LogP contribution in [-0.2, 0) is 9.57 Å². The maximum Gasteiger partial charge on any atom is 0.169 e. The Morgan fingerprint density at radius 1 is 0.304 bits per heavy atom. The Labute approximate surface area is 662 Å². The van der Waals surface area contributed by atoms with Crippen LogP contribution in [0.15, 0.2) is 104 Å². The molecule has 9 rings (SSSR count). The Hall–Kier alpha value is -4.64. The van der Waals surface area contributed by atoms with E-state index in [2.05, 4.69) is 74.5 Å². The Bertz CT molecular complexity index is 917. The molecule has 0 aromatic carbocycles. The lowest BCUT2D eigenvalue weighted by atomic mass is 10.4. The van der Waals surface area contributed by atoms with Crippen LogP contribution in [0.25, 0.3) is 0 Å². The summed E-state index contributed by atoms with van der Waals surface area (Å²) in [5.41, 5.74) is 1.90. The summed E-state index contributed by atoms with van der Waals surface area (Å²) in [6.45, 7) is 114. The van der Waals surface area contributed by atoms with E-state index in [1.54, 1.807) is 91.9 Å². The second-order valence-electron chi connectivity index (χ2n) is 8.52. The molecule has 0 spiro atoms. The number of oxime groups is 1. The Kier molecular flexibility index (Phi) is 834. The summed E-state index contributed by atoms with van der Waals surface area (Å²) in [5.74, 6) is 2.39. The monoisotopic (exact) mass is 1510 g/mol. The number of aromatic nitrogens is 6. The van der Waals surface area contributed by atoms with Gasteiger partial charge in [-0.3, -0.25) is 29.9 Å². The van der Waals surface area contributed by atoms with Crippen LogP contribution >= 0.6 is 23.7 Å². The van der Waals surface area contributed by atoms with Crippen molar-refractivity contribution in [2.24, 2.45) is 29.5 Å². The zero-order chi connectivity index (χ0) is 87.9. The lowest BCUT2D eigenvalue weighted by molar-refractivity contribution is 0.174. The van der Waals surface area contributed by atoms with E-state index >= 15 is 0 Å². The van der Waals surface area contributed by atoms with Crippen molar-refractivity contribution in [2.75, 3.05) is 57.4 Å². The molecule has 0 saturated heterocycles. The number of rotatable bonds is 0. The summed E-state index contributed by atoms with van der Waals surface area (Å²) >= 11 is 3.43. The zero-order valence-corrected chi connectivity index (χ0v) is 82.7. The first kappa shape index (κ1) is 183. The minimum atomic E-state index is 0.778. The van der Waals surface area contributed by atoms with E-state index in [1.165, 1.54) is 43.5 Å². The van der Waals surface area contributed by atoms with Gasteiger partial charge in [0.05, 0.1) is 25.0 Å². The summed E-state index contributed by atoms with van der Waals surface area (Å²) in [6.07, 6.45) is 28.3.